The Hall–Kier alpha value is -2.50. The molecule has 1 N–H and O–H groups in total. The lowest BCUT2D eigenvalue weighted by molar-refractivity contribution is 0.374. The summed E-state index contributed by atoms with van der Waals surface area (Å²) in [6.45, 7) is 4.02. The third-order valence-electron chi connectivity index (χ3n) is 4.54. The molecule has 1 unspecified atom stereocenters. The fraction of sp³-hybridized carbons (Fsp3) is 0.412. The molecule has 1 atom stereocenters. The van der Waals surface area contributed by atoms with Crippen LogP contribution in [0.5, 0.6) is 0 Å². The van der Waals surface area contributed by atoms with Gasteiger partial charge in [-0.25, -0.2) is 9.97 Å². The van der Waals surface area contributed by atoms with Crippen molar-refractivity contribution in [2.24, 2.45) is 5.92 Å². The summed E-state index contributed by atoms with van der Waals surface area (Å²) in [6, 6.07) is 8.10. The van der Waals surface area contributed by atoms with Crippen molar-refractivity contribution in [3.05, 3.63) is 42.2 Å². The highest BCUT2D eigenvalue weighted by Gasteiger charge is 2.22. The first-order chi connectivity index (χ1) is 11.3. The molecule has 0 saturated carbocycles. The molecule has 0 fully saturated rings. The highest BCUT2D eigenvalue weighted by molar-refractivity contribution is 5.88. The van der Waals surface area contributed by atoms with Crippen molar-refractivity contribution in [2.45, 2.75) is 32.7 Å². The van der Waals surface area contributed by atoms with Gasteiger partial charge in [0.1, 0.15) is 23.8 Å². The van der Waals surface area contributed by atoms with Crippen molar-refractivity contribution in [3.8, 4) is 0 Å². The van der Waals surface area contributed by atoms with Crippen molar-refractivity contribution in [2.75, 3.05) is 11.9 Å². The van der Waals surface area contributed by atoms with E-state index >= 15 is 0 Å². The zero-order valence-electron chi connectivity index (χ0n) is 13.2. The lowest BCUT2D eigenvalue weighted by Crippen LogP contribution is -2.27. The Morgan fingerprint density at radius 2 is 2.13 bits per heavy atom. The van der Waals surface area contributed by atoms with Crippen molar-refractivity contribution < 1.29 is 0 Å². The van der Waals surface area contributed by atoms with E-state index in [0.29, 0.717) is 5.92 Å². The average Bonchev–Trinajstić information content (AvgIpc) is 3.02. The summed E-state index contributed by atoms with van der Waals surface area (Å²) in [5, 5.41) is 13.2. The summed E-state index contributed by atoms with van der Waals surface area (Å²) in [5.74, 6) is 3.71. The normalized spacial score (nSPS) is 17.2. The van der Waals surface area contributed by atoms with E-state index in [0.717, 1.165) is 60.7 Å². The minimum absolute atomic E-state index is 0.567. The van der Waals surface area contributed by atoms with Crippen molar-refractivity contribution in [3.63, 3.8) is 0 Å². The highest BCUT2D eigenvalue weighted by atomic mass is 15.3. The highest BCUT2D eigenvalue weighted by Crippen LogP contribution is 2.23. The maximum atomic E-state index is 4.41. The molecule has 3 heterocycles. The van der Waals surface area contributed by atoms with E-state index in [1.807, 2.05) is 18.2 Å². The molecular weight excluding hydrogens is 288 g/mol. The molecule has 2 aromatic heterocycles. The van der Waals surface area contributed by atoms with Crippen molar-refractivity contribution in [1.29, 1.82) is 0 Å². The van der Waals surface area contributed by atoms with Gasteiger partial charge in [-0.15, -0.1) is 10.2 Å². The van der Waals surface area contributed by atoms with E-state index < -0.39 is 0 Å². The van der Waals surface area contributed by atoms with Gasteiger partial charge in [-0.2, -0.15) is 0 Å². The number of benzene rings is 1. The van der Waals surface area contributed by atoms with Gasteiger partial charge in [-0.05, 0) is 24.5 Å². The second kappa shape index (κ2) is 5.95. The molecule has 1 aliphatic heterocycles. The lowest BCUT2D eigenvalue weighted by atomic mass is 9.99. The number of nitrogens with zero attached hydrogens (tertiary/aromatic N) is 5. The number of aryl methyl sites for hydroxylation is 2. The Labute approximate surface area is 135 Å². The number of para-hydroxylation sites is 1. The van der Waals surface area contributed by atoms with E-state index in [9.17, 15) is 0 Å². The van der Waals surface area contributed by atoms with Crippen LogP contribution in [0, 0.1) is 5.92 Å². The molecule has 6 nitrogen and oxygen atoms in total. The molecule has 6 heteroatoms. The topological polar surface area (TPSA) is 68.5 Å². The Kier molecular flexibility index (Phi) is 3.65. The van der Waals surface area contributed by atoms with Gasteiger partial charge in [0.25, 0.3) is 0 Å². The first-order valence-electron chi connectivity index (χ1n) is 8.19. The zero-order chi connectivity index (χ0) is 15.6. The summed E-state index contributed by atoms with van der Waals surface area (Å²) in [6.07, 6.45) is 4.70. The predicted molar refractivity (Wildman–Crippen MR) is 89.2 cm³/mol. The monoisotopic (exact) mass is 308 g/mol. The summed E-state index contributed by atoms with van der Waals surface area (Å²) in [7, 11) is 0. The number of anilines is 1. The van der Waals surface area contributed by atoms with Crippen molar-refractivity contribution in [1.82, 2.24) is 24.7 Å². The minimum Gasteiger partial charge on any atom is -0.369 e. The summed E-state index contributed by atoms with van der Waals surface area (Å²) >= 11 is 0. The molecule has 3 aromatic rings. The maximum absolute atomic E-state index is 4.41. The number of aromatic nitrogens is 5. The average molecular weight is 308 g/mol. The predicted octanol–water partition coefficient (Wildman–Crippen LogP) is 2.46. The number of hydrogen-bond acceptors (Lipinski definition) is 5. The number of fused-ring (bicyclic) bond motifs is 2. The van der Waals surface area contributed by atoms with E-state index in [2.05, 4.69) is 43.0 Å². The van der Waals surface area contributed by atoms with Crippen molar-refractivity contribution >= 4 is 16.7 Å². The van der Waals surface area contributed by atoms with Crippen LogP contribution in [-0.4, -0.2) is 31.3 Å². The van der Waals surface area contributed by atoms with Gasteiger partial charge in [-0.3, -0.25) is 0 Å². The van der Waals surface area contributed by atoms with E-state index in [1.54, 1.807) is 6.33 Å². The molecule has 4 rings (SSSR count). The molecule has 23 heavy (non-hydrogen) atoms. The maximum Gasteiger partial charge on any atom is 0.137 e. The molecular formula is C17H20N6. The molecule has 118 valence electrons. The molecule has 0 amide bonds. The van der Waals surface area contributed by atoms with Gasteiger partial charge in [0.05, 0.1) is 5.52 Å². The summed E-state index contributed by atoms with van der Waals surface area (Å²) < 4.78 is 2.29. The Balaban J connectivity index is 1.49. The lowest BCUT2D eigenvalue weighted by Gasteiger charge is -2.24. The van der Waals surface area contributed by atoms with Gasteiger partial charge in [-0.1, -0.05) is 19.1 Å². The SMILES string of the molecule is CCc1nnc2n1CC(CNc1ncnc3ccccc13)CC2. The van der Waals surface area contributed by atoms with Gasteiger partial charge < -0.3 is 9.88 Å². The van der Waals surface area contributed by atoms with Crippen LogP contribution < -0.4 is 5.32 Å². The first-order valence-corrected chi connectivity index (χ1v) is 8.19. The van der Waals surface area contributed by atoms with Crippen LogP contribution in [0.25, 0.3) is 10.9 Å². The Morgan fingerprint density at radius 1 is 1.22 bits per heavy atom. The van der Waals surface area contributed by atoms with Crippen LogP contribution in [0.2, 0.25) is 0 Å². The zero-order valence-corrected chi connectivity index (χ0v) is 13.2. The fourth-order valence-corrected chi connectivity index (χ4v) is 3.27. The minimum atomic E-state index is 0.567. The Morgan fingerprint density at radius 3 is 3.04 bits per heavy atom. The van der Waals surface area contributed by atoms with Crippen LogP contribution in [-0.2, 0) is 19.4 Å². The third kappa shape index (κ3) is 2.65. The smallest absolute Gasteiger partial charge is 0.137 e. The fourth-order valence-electron chi connectivity index (χ4n) is 3.27. The van der Waals surface area contributed by atoms with E-state index in [4.69, 9.17) is 0 Å². The largest absolute Gasteiger partial charge is 0.369 e. The van der Waals surface area contributed by atoms with E-state index in [-0.39, 0.29) is 0 Å². The van der Waals surface area contributed by atoms with Crippen LogP contribution >= 0.6 is 0 Å². The molecule has 0 saturated heterocycles. The van der Waals surface area contributed by atoms with Gasteiger partial charge in [0, 0.05) is 31.3 Å². The number of rotatable bonds is 4. The first kappa shape index (κ1) is 14.1. The van der Waals surface area contributed by atoms with Gasteiger partial charge in [0.15, 0.2) is 0 Å². The van der Waals surface area contributed by atoms with Gasteiger partial charge in [0.2, 0.25) is 0 Å². The Bertz CT molecular complexity index is 806. The number of hydrogen-bond donors (Lipinski definition) is 1. The second-order valence-electron chi connectivity index (χ2n) is 6.02. The van der Waals surface area contributed by atoms with E-state index in [1.165, 1.54) is 0 Å². The quantitative estimate of drug-likeness (QED) is 0.802. The molecule has 1 aromatic carbocycles. The second-order valence-corrected chi connectivity index (χ2v) is 6.02. The summed E-state index contributed by atoms with van der Waals surface area (Å²) in [5.41, 5.74) is 0.975. The summed E-state index contributed by atoms with van der Waals surface area (Å²) in [4.78, 5) is 8.72. The van der Waals surface area contributed by atoms with Crippen LogP contribution in [0.15, 0.2) is 30.6 Å². The molecule has 1 aliphatic rings. The molecule has 0 spiro atoms. The third-order valence-corrected chi connectivity index (χ3v) is 4.54. The van der Waals surface area contributed by atoms with Crippen LogP contribution in [0.3, 0.4) is 0 Å². The molecule has 0 radical (unpaired) electrons. The molecule has 0 bridgehead atoms. The van der Waals surface area contributed by atoms with Crippen LogP contribution in [0.4, 0.5) is 5.82 Å². The molecule has 0 aliphatic carbocycles. The number of nitrogens with one attached hydrogen (secondary N) is 1. The van der Waals surface area contributed by atoms with Crippen LogP contribution in [0.1, 0.15) is 25.0 Å². The standard InChI is InChI=1S/C17H20N6/c1-2-15-21-22-16-8-7-12(10-23(15)16)9-18-17-13-5-3-4-6-14(13)19-11-20-17/h3-6,11-12H,2,7-10H2,1H3,(H,18,19,20). The van der Waals surface area contributed by atoms with Gasteiger partial charge >= 0.3 is 0 Å².